The Morgan fingerprint density at radius 1 is 1.17 bits per heavy atom. The lowest BCUT2D eigenvalue weighted by Crippen LogP contribution is -2.08. The van der Waals surface area contributed by atoms with Gasteiger partial charge in [-0.2, -0.15) is 18.3 Å². The van der Waals surface area contributed by atoms with E-state index in [0.717, 1.165) is 12.1 Å². The van der Waals surface area contributed by atoms with Crippen molar-refractivity contribution in [3.8, 4) is 22.8 Å². The first-order valence-electron chi connectivity index (χ1n) is 6.66. The second kappa shape index (κ2) is 5.49. The number of aromatic carboxylic acids is 1. The lowest BCUT2D eigenvalue weighted by atomic mass is 10.0. The Hall–Kier alpha value is -2.71. The molecule has 0 saturated carbocycles. The number of carbonyl (C=O) groups is 1. The molecule has 1 aromatic carbocycles. The summed E-state index contributed by atoms with van der Waals surface area (Å²) in [6.07, 6.45) is -4.10. The van der Waals surface area contributed by atoms with Gasteiger partial charge in [-0.25, -0.2) is 4.79 Å². The molecule has 0 radical (unpaired) electrons. The molecule has 6 nitrogen and oxygen atoms in total. The highest BCUT2D eigenvalue weighted by molar-refractivity contribution is 5.87. The van der Waals surface area contributed by atoms with E-state index in [1.54, 1.807) is 0 Å². The van der Waals surface area contributed by atoms with E-state index in [9.17, 15) is 18.0 Å². The predicted molar refractivity (Wildman–Crippen MR) is 71.6 cm³/mol. The molecule has 0 saturated heterocycles. The van der Waals surface area contributed by atoms with Gasteiger partial charge >= 0.3 is 12.1 Å². The largest absolute Gasteiger partial charge is 0.490 e. The lowest BCUT2D eigenvalue weighted by Gasteiger charge is -2.15. The summed E-state index contributed by atoms with van der Waals surface area (Å²) >= 11 is 0. The van der Waals surface area contributed by atoms with Crippen molar-refractivity contribution in [3.05, 3.63) is 29.5 Å². The van der Waals surface area contributed by atoms with Gasteiger partial charge in [-0.3, -0.25) is 5.10 Å². The molecule has 2 N–H and O–H groups in total. The van der Waals surface area contributed by atoms with Gasteiger partial charge in [0.15, 0.2) is 11.5 Å². The number of H-pyrrole nitrogens is 1. The topological polar surface area (TPSA) is 84.4 Å². The quantitative estimate of drug-likeness (QED) is 0.885. The molecule has 0 spiro atoms. The number of carboxylic acids is 1. The highest BCUT2D eigenvalue weighted by atomic mass is 19.4. The fourth-order valence-corrected chi connectivity index (χ4v) is 2.22. The molecule has 1 aliphatic heterocycles. The van der Waals surface area contributed by atoms with Crippen LogP contribution < -0.4 is 9.47 Å². The third-order valence-electron chi connectivity index (χ3n) is 3.28. The average Bonchev–Trinajstić information content (AvgIpc) is 2.85. The Morgan fingerprint density at radius 3 is 2.39 bits per heavy atom. The van der Waals surface area contributed by atoms with E-state index in [-0.39, 0.29) is 35.1 Å². The van der Waals surface area contributed by atoms with Gasteiger partial charge in [0.25, 0.3) is 0 Å². The summed E-state index contributed by atoms with van der Waals surface area (Å²) in [6.45, 7) is 0.577. The second-order valence-corrected chi connectivity index (χ2v) is 4.86. The molecule has 1 aliphatic rings. The number of rotatable bonds is 2. The second-order valence-electron chi connectivity index (χ2n) is 4.86. The number of carboxylic acid groups (broad SMARTS) is 1. The van der Waals surface area contributed by atoms with Crippen molar-refractivity contribution in [3.63, 3.8) is 0 Å². The Labute approximate surface area is 127 Å². The van der Waals surface area contributed by atoms with Crippen LogP contribution in [-0.2, 0) is 6.18 Å². The molecule has 0 atom stereocenters. The van der Waals surface area contributed by atoms with Crippen LogP contribution in [0.5, 0.6) is 11.5 Å². The van der Waals surface area contributed by atoms with Crippen LogP contribution >= 0.6 is 0 Å². The van der Waals surface area contributed by atoms with Crippen LogP contribution in [0.1, 0.15) is 22.5 Å². The zero-order valence-electron chi connectivity index (χ0n) is 11.6. The number of fused-ring (bicyclic) bond motifs is 1. The van der Waals surface area contributed by atoms with Gasteiger partial charge in [0, 0.05) is 12.0 Å². The molecule has 0 bridgehead atoms. The minimum Gasteiger partial charge on any atom is -0.490 e. The van der Waals surface area contributed by atoms with Crippen LogP contribution in [0.15, 0.2) is 18.2 Å². The van der Waals surface area contributed by atoms with E-state index in [0.29, 0.717) is 13.0 Å². The summed E-state index contributed by atoms with van der Waals surface area (Å²) in [6, 6.07) is 3.06. The van der Waals surface area contributed by atoms with Crippen molar-refractivity contribution in [1.82, 2.24) is 10.2 Å². The van der Waals surface area contributed by atoms with Crippen molar-refractivity contribution in [2.75, 3.05) is 13.2 Å². The minimum absolute atomic E-state index is 0.00701. The first-order valence-corrected chi connectivity index (χ1v) is 6.66. The molecule has 3 rings (SSSR count). The van der Waals surface area contributed by atoms with Crippen LogP contribution in [-0.4, -0.2) is 34.5 Å². The summed E-state index contributed by atoms with van der Waals surface area (Å²) in [7, 11) is 0. The van der Waals surface area contributed by atoms with Crippen LogP contribution in [0.3, 0.4) is 0 Å². The van der Waals surface area contributed by atoms with E-state index < -0.39 is 17.7 Å². The maximum Gasteiger partial charge on any atom is 0.417 e. The molecule has 0 unspecified atom stereocenters. The molecule has 0 aliphatic carbocycles. The van der Waals surface area contributed by atoms with Gasteiger partial charge in [-0.15, -0.1) is 0 Å². The van der Waals surface area contributed by atoms with Crippen LogP contribution in [0, 0.1) is 0 Å². The molecular weight excluding hydrogens is 317 g/mol. The Balaban J connectivity index is 2.16. The molecule has 9 heteroatoms. The van der Waals surface area contributed by atoms with E-state index in [4.69, 9.17) is 14.6 Å². The van der Waals surface area contributed by atoms with Crippen molar-refractivity contribution in [2.24, 2.45) is 0 Å². The number of halogens is 3. The zero-order chi connectivity index (χ0) is 16.6. The highest BCUT2D eigenvalue weighted by Crippen LogP contribution is 2.43. The lowest BCUT2D eigenvalue weighted by molar-refractivity contribution is -0.137. The molecule has 1 aromatic heterocycles. The Morgan fingerprint density at radius 2 is 1.83 bits per heavy atom. The number of hydrogen-bond donors (Lipinski definition) is 2. The van der Waals surface area contributed by atoms with Crippen molar-refractivity contribution < 1.29 is 32.5 Å². The summed E-state index contributed by atoms with van der Waals surface area (Å²) in [5, 5.41) is 14.7. The van der Waals surface area contributed by atoms with Crippen molar-refractivity contribution >= 4 is 5.97 Å². The van der Waals surface area contributed by atoms with Crippen LogP contribution in [0.4, 0.5) is 13.2 Å². The zero-order valence-corrected chi connectivity index (χ0v) is 11.6. The van der Waals surface area contributed by atoms with Gasteiger partial charge in [0.2, 0.25) is 0 Å². The molecule has 2 heterocycles. The highest BCUT2D eigenvalue weighted by Gasteiger charge is 2.36. The number of aromatic nitrogens is 2. The average molecular weight is 328 g/mol. The first kappa shape index (κ1) is 15.2. The number of aromatic amines is 1. The maximum absolute atomic E-state index is 13.3. The van der Waals surface area contributed by atoms with E-state index in [1.807, 2.05) is 0 Å². The summed E-state index contributed by atoms with van der Waals surface area (Å²) in [4.78, 5) is 10.9. The van der Waals surface area contributed by atoms with Crippen molar-refractivity contribution in [1.29, 1.82) is 0 Å². The third-order valence-corrected chi connectivity index (χ3v) is 3.28. The normalized spacial score (nSPS) is 14.4. The molecule has 2 aromatic rings. The standard InChI is InChI=1S/C14H11F3N2O4/c15-14(16,17)8-5-12-11(22-2-1-3-23-12)4-7(8)9-6-10(13(20)21)19-18-9/h4-6H,1-3H2,(H,18,19)(H,20,21). The van der Waals surface area contributed by atoms with E-state index >= 15 is 0 Å². The summed E-state index contributed by atoms with van der Waals surface area (Å²) in [5.41, 5.74) is -1.68. The number of nitrogens with one attached hydrogen (secondary N) is 1. The van der Waals surface area contributed by atoms with Crippen molar-refractivity contribution in [2.45, 2.75) is 12.6 Å². The van der Waals surface area contributed by atoms with Gasteiger partial charge in [-0.05, 0) is 18.2 Å². The van der Waals surface area contributed by atoms with E-state index in [1.165, 1.54) is 6.07 Å². The SMILES string of the molecule is O=C(O)c1cc(-c2cc3c(cc2C(F)(F)F)OCCCO3)n[nH]1. The predicted octanol–water partition coefficient (Wildman–Crippen LogP) is 2.96. The fourth-order valence-electron chi connectivity index (χ4n) is 2.22. The van der Waals surface area contributed by atoms with Gasteiger partial charge in [-0.1, -0.05) is 0 Å². The monoisotopic (exact) mass is 328 g/mol. The number of alkyl halides is 3. The molecule has 0 amide bonds. The van der Waals surface area contributed by atoms with Gasteiger partial charge in [0.1, 0.15) is 5.69 Å². The minimum atomic E-state index is -4.65. The van der Waals surface area contributed by atoms with Crippen LogP contribution in [0.25, 0.3) is 11.3 Å². The third kappa shape index (κ3) is 2.94. The molecule has 0 fully saturated rings. The number of ether oxygens (including phenoxy) is 2. The van der Waals surface area contributed by atoms with E-state index in [2.05, 4.69) is 10.2 Å². The number of nitrogens with zero attached hydrogens (tertiary/aromatic N) is 1. The van der Waals surface area contributed by atoms with Crippen LogP contribution in [0.2, 0.25) is 0 Å². The van der Waals surface area contributed by atoms with Gasteiger partial charge < -0.3 is 14.6 Å². The summed E-state index contributed by atoms with van der Waals surface area (Å²) < 4.78 is 50.6. The first-order chi connectivity index (χ1) is 10.9. The Bertz CT molecular complexity index is 755. The Kier molecular flexibility index (Phi) is 3.63. The van der Waals surface area contributed by atoms with Gasteiger partial charge in [0.05, 0.1) is 24.5 Å². The molecular formula is C14H11F3N2O4. The number of benzene rings is 1. The summed E-state index contributed by atoms with van der Waals surface area (Å²) in [5.74, 6) is -1.13. The number of hydrogen-bond acceptors (Lipinski definition) is 4. The smallest absolute Gasteiger partial charge is 0.417 e. The molecule has 23 heavy (non-hydrogen) atoms. The molecule has 122 valence electrons. The fraction of sp³-hybridized carbons (Fsp3) is 0.286. The maximum atomic E-state index is 13.3.